The van der Waals surface area contributed by atoms with E-state index in [0.717, 1.165) is 22.8 Å². The average molecular weight is 550 g/mol. The van der Waals surface area contributed by atoms with Crippen LogP contribution < -0.4 is 8.92 Å². The molecule has 1 atom stereocenters. The van der Waals surface area contributed by atoms with Gasteiger partial charge in [0.15, 0.2) is 17.4 Å². The molecule has 0 aliphatic carbocycles. The largest absolute Gasteiger partial charge is 0.744 e. The number of benzene rings is 3. The molecule has 3 aromatic rings. The second-order valence-electron chi connectivity index (χ2n) is 7.99. The normalized spacial score (nSPS) is 13.1. The van der Waals surface area contributed by atoms with E-state index in [0.29, 0.717) is 5.92 Å². The summed E-state index contributed by atoms with van der Waals surface area (Å²) in [6.45, 7) is 3.44. The number of hydrogen-bond acceptors (Lipinski definition) is 7. The third kappa shape index (κ3) is 6.08. The Labute approximate surface area is 205 Å². The van der Waals surface area contributed by atoms with Crippen LogP contribution in [0.2, 0.25) is 0 Å². The molecule has 0 saturated carbocycles. The lowest BCUT2D eigenvalue weighted by Crippen LogP contribution is -2.17. The van der Waals surface area contributed by atoms with Crippen molar-refractivity contribution in [3.63, 3.8) is 0 Å². The molecule has 0 aliphatic rings. The highest BCUT2D eigenvalue weighted by Crippen LogP contribution is 2.32. The number of hydrogen-bond donors (Lipinski definition) is 0. The van der Waals surface area contributed by atoms with Gasteiger partial charge in [-0.05, 0) is 47.2 Å². The molecular weight excluding hydrogens is 528 g/mol. The fourth-order valence-corrected chi connectivity index (χ4v) is 4.94. The first-order valence-electron chi connectivity index (χ1n) is 10.7. The Kier molecular flexibility index (Phi) is 8.16. The van der Waals surface area contributed by atoms with Gasteiger partial charge in [0.25, 0.3) is 0 Å². The first kappa shape index (κ1) is 27.7. The number of fused-ring (bicyclic) bond motifs is 1. The molecule has 0 saturated heterocycles. The SMILES string of the molecule is CCC(C)c1ccc2cc(OS(=O)(=O)CCCOc3c(F)c(F)c(S(=O)(=O)[O-])c(F)c3F)ccc2c1. The van der Waals surface area contributed by atoms with Crippen molar-refractivity contribution in [1.29, 1.82) is 0 Å². The molecule has 196 valence electrons. The smallest absolute Gasteiger partial charge is 0.309 e. The van der Waals surface area contributed by atoms with Crippen molar-refractivity contribution in [2.45, 2.75) is 37.5 Å². The number of rotatable bonds is 10. The molecule has 0 radical (unpaired) electrons. The highest BCUT2D eigenvalue weighted by molar-refractivity contribution is 7.87. The summed E-state index contributed by atoms with van der Waals surface area (Å²) in [7, 11) is -10.0. The minimum Gasteiger partial charge on any atom is -0.744 e. The van der Waals surface area contributed by atoms with Crippen LogP contribution in [0.25, 0.3) is 10.8 Å². The zero-order valence-corrected chi connectivity index (χ0v) is 20.7. The van der Waals surface area contributed by atoms with E-state index in [4.69, 9.17) is 4.18 Å². The van der Waals surface area contributed by atoms with E-state index in [-0.39, 0.29) is 5.75 Å². The van der Waals surface area contributed by atoms with Crippen molar-refractivity contribution >= 4 is 31.0 Å². The first-order valence-corrected chi connectivity index (χ1v) is 13.6. The van der Waals surface area contributed by atoms with Gasteiger partial charge in [-0.15, -0.1) is 0 Å². The second kappa shape index (κ2) is 10.6. The Bertz CT molecular complexity index is 1480. The van der Waals surface area contributed by atoms with Gasteiger partial charge >= 0.3 is 10.1 Å². The summed E-state index contributed by atoms with van der Waals surface area (Å²) in [5.74, 6) is -11.3. The van der Waals surface area contributed by atoms with Crippen LogP contribution in [0.1, 0.15) is 38.2 Å². The van der Waals surface area contributed by atoms with E-state index >= 15 is 0 Å². The van der Waals surface area contributed by atoms with Crippen LogP contribution >= 0.6 is 0 Å². The summed E-state index contributed by atoms with van der Waals surface area (Å²) in [4.78, 5) is -2.31. The molecule has 0 amide bonds. The molecule has 36 heavy (non-hydrogen) atoms. The standard InChI is InChI=1S/C23H22F4O7S2/c1-3-13(2)14-5-6-16-12-17(8-7-15(16)11-14)34-35(28,29)10-4-9-33-22-18(24)20(26)23(36(30,31)32)21(27)19(22)25/h5-8,11-13H,3-4,9-10H2,1-2H3,(H,30,31,32)/p-1. The summed E-state index contributed by atoms with van der Waals surface area (Å²) in [6.07, 6.45) is 0.559. The monoisotopic (exact) mass is 549 g/mol. The zero-order chi connectivity index (χ0) is 26.8. The third-order valence-electron chi connectivity index (χ3n) is 5.46. The maximum absolute atomic E-state index is 13.9. The van der Waals surface area contributed by atoms with Crippen molar-refractivity contribution in [3.05, 3.63) is 65.2 Å². The number of halogens is 4. The maximum Gasteiger partial charge on any atom is 0.309 e. The van der Waals surface area contributed by atoms with E-state index in [1.807, 2.05) is 18.2 Å². The van der Waals surface area contributed by atoms with Gasteiger partial charge < -0.3 is 13.5 Å². The molecule has 0 aliphatic heterocycles. The van der Waals surface area contributed by atoms with Crippen LogP contribution in [0.4, 0.5) is 17.6 Å². The van der Waals surface area contributed by atoms with Crippen molar-refractivity contribution in [2.75, 3.05) is 12.4 Å². The third-order valence-corrected chi connectivity index (χ3v) is 7.55. The van der Waals surface area contributed by atoms with Crippen molar-refractivity contribution in [3.8, 4) is 11.5 Å². The molecule has 13 heteroatoms. The summed E-state index contributed by atoms with van der Waals surface area (Å²) in [5.41, 5.74) is 1.14. The van der Waals surface area contributed by atoms with Crippen LogP contribution in [-0.4, -0.2) is 33.7 Å². The molecular formula is C23H21F4O7S2-. The van der Waals surface area contributed by atoms with E-state index < -0.39 is 72.9 Å². The highest BCUT2D eigenvalue weighted by atomic mass is 32.2. The van der Waals surface area contributed by atoms with Gasteiger partial charge in [0.2, 0.25) is 11.6 Å². The van der Waals surface area contributed by atoms with Crippen LogP contribution in [0.15, 0.2) is 41.3 Å². The number of ether oxygens (including phenoxy) is 1. The minimum absolute atomic E-state index is 0.0374. The molecule has 3 rings (SSSR count). The van der Waals surface area contributed by atoms with E-state index in [9.17, 15) is 39.0 Å². The molecule has 0 heterocycles. The Morgan fingerprint density at radius 2 is 1.47 bits per heavy atom. The van der Waals surface area contributed by atoms with Crippen molar-refractivity contribution in [2.24, 2.45) is 0 Å². The lowest BCUT2D eigenvalue weighted by Gasteiger charge is -2.15. The van der Waals surface area contributed by atoms with Crippen LogP contribution in [0, 0.1) is 23.3 Å². The Balaban J connectivity index is 1.66. The fraction of sp³-hybridized carbons (Fsp3) is 0.304. The predicted octanol–water partition coefficient (Wildman–Crippen LogP) is 4.99. The minimum atomic E-state index is -5.85. The first-order chi connectivity index (χ1) is 16.7. The molecule has 3 aromatic carbocycles. The van der Waals surface area contributed by atoms with E-state index in [2.05, 4.69) is 18.6 Å². The predicted molar refractivity (Wildman–Crippen MR) is 121 cm³/mol. The topological polar surface area (TPSA) is 110 Å². The van der Waals surface area contributed by atoms with Crippen molar-refractivity contribution < 1.29 is 47.9 Å². The second-order valence-corrected chi connectivity index (χ2v) is 11.0. The summed E-state index contributed by atoms with van der Waals surface area (Å²) < 4.78 is 122. The molecule has 0 spiro atoms. The lowest BCUT2D eigenvalue weighted by atomic mass is 9.96. The van der Waals surface area contributed by atoms with Gasteiger partial charge in [-0.2, -0.15) is 17.2 Å². The van der Waals surface area contributed by atoms with Crippen LogP contribution in [-0.2, 0) is 20.2 Å². The summed E-state index contributed by atoms with van der Waals surface area (Å²) >= 11 is 0. The van der Waals surface area contributed by atoms with E-state index in [1.165, 1.54) is 12.1 Å². The van der Waals surface area contributed by atoms with Gasteiger partial charge in [-0.3, -0.25) is 0 Å². The van der Waals surface area contributed by atoms with Crippen LogP contribution in [0.5, 0.6) is 11.5 Å². The van der Waals surface area contributed by atoms with Gasteiger partial charge in [0.1, 0.15) is 20.8 Å². The summed E-state index contributed by atoms with van der Waals surface area (Å²) in [6, 6.07) is 10.5. The van der Waals surface area contributed by atoms with Gasteiger partial charge in [0, 0.05) is 0 Å². The summed E-state index contributed by atoms with van der Waals surface area (Å²) in [5, 5.41) is 1.64. The lowest BCUT2D eigenvalue weighted by molar-refractivity contribution is 0.266. The Hall–Kier alpha value is -2.90. The fourth-order valence-electron chi connectivity index (χ4n) is 3.37. The maximum atomic E-state index is 13.9. The molecule has 0 fully saturated rings. The Morgan fingerprint density at radius 3 is 2.06 bits per heavy atom. The van der Waals surface area contributed by atoms with E-state index in [1.54, 1.807) is 6.07 Å². The highest BCUT2D eigenvalue weighted by Gasteiger charge is 2.30. The van der Waals surface area contributed by atoms with Gasteiger partial charge in [-0.1, -0.05) is 38.1 Å². The molecule has 0 N–H and O–H groups in total. The average Bonchev–Trinajstić information content (AvgIpc) is 2.80. The quantitative estimate of drug-likeness (QED) is 0.115. The molecule has 0 bridgehead atoms. The molecule has 0 aromatic heterocycles. The molecule has 1 unspecified atom stereocenters. The van der Waals surface area contributed by atoms with Crippen LogP contribution in [0.3, 0.4) is 0 Å². The van der Waals surface area contributed by atoms with Gasteiger partial charge in [0.05, 0.1) is 12.4 Å². The Morgan fingerprint density at radius 1 is 0.889 bits per heavy atom. The van der Waals surface area contributed by atoms with Crippen molar-refractivity contribution in [1.82, 2.24) is 0 Å². The molecule has 7 nitrogen and oxygen atoms in total. The van der Waals surface area contributed by atoms with Gasteiger partial charge in [-0.25, -0.2) is 17.2 Å². The zero-order valence-electron chi connectivity index (χ0n) is 19.1.